The molecule has 1 unspecified atom stereocenters. The van der Waals surface area contributed by atoms with Gasteiger partial charge in [0, 0.05) is 15.9 Å². The molecule has 1 N–H and O–H groups in total. The molecule has 2 aromatic rings. The molecule has 0 aliphatic rings. The second-order valence-electron chi connectivity index (χ2n) is 5.07. The zero-order valence-electron chi connectivity index (χ0n) is 12.1. The van der Waals surface area contributed by atoms with E-state index in [1.54, 1.807) is 12.1 Å². The lowest BCUT2D eigenvalue weighted by Crippen LogP contribution is -2.12. The Morgan fingerprint density at radius 1 is 1.20 bits per heavy atom. The van der Waals surface area contributed by atoms with Crippen LogP contribution < -0.4 is 5.32 Å². The Kier molecular flexibility index (Phi) is 4.43. The summed E-state index contributed by atoms with van der Waals surface area (Å²) >= 11 is 3.36. The number of aryl methyl sites for hydroxylation is 3. The van der Waals surface area contributed by atoms with Crippen LogP contribution in [0.15, 0.2) is 28.7 Å². The van der Waals surface area contributed by atoms with E-state index >= 15 is 0 Å². The normalized spacial score (nSPS) is 12.3. The molecule has 0 saturated carbocycles. The third-order valence-corrected chi connectivity index (χ3v) is 3.81. The van der Waals surface area contributed by atoms with Gasteiger partial charge >= 0.3 is 0 Å². The number of nitrogens with zero attached hydrogens (tertiary/aromatic N) is 1. The number of hydrogen-bond donors (Lipinski definition) is 1. The molecule has 0 aliphatic carbocycles. The summed E-state index contributed by atoms with van der Waals surface area (Å²) in [6.07, 6.45) is 0. The first-order valence-electron chi connectivity index (χ1n) is 6.55. The van der Waals surface area contributed by atoms with Gasteiger partial charge in [-0.2, -0.15) is 0 Å². The predicted octanol–water partition coefficient (Wildman–Crippen LogP) is 5.08. The lowest BCUT2D eigenvalue weighted by Gasteiger charge is -2.20. The summed E-state index contributed by atoms with van der Waals surface area (Å²) in [5, 5.41) is 3.22. The topological polar surface area (TPSA) is 24.9 Å². The van der Waals surface area contributed by atoms with Gasteiger partial charge < -0.3 is 5.32 Å². The number of aromatic nitrogens is 1. The van der Waals surface area contributed by atoms with Gasteiger partial charge in [0.1, 0.15) is 5.82 Å². The van der Waals surface area contributed by atoms with Crippen molar-refractivity contribution in [3.8, 4) is 0 Å². The van der Waals surface area contributed by atoms with Crippen molar-refractivity contribution >= 4 is 21.6 Å². The van der Waals surface area contributed by atoms with Gasteiger partial charge in [-0.15, -0.1) is 0 Å². The average molecular weight is 337 g/mol. The summed E-state index contributed by atoms with van der Waals surface area (Å²) in [6.45, 7) is 8.06. The van der Waals surface area contributed by atoms with E-state index in [4.69, 9.17) is 0 Å². The summed E-state index contributed by atoms with van der Waals surface area (Å²) in [7, 11) is 0. The molecule has 0 aliphatic heterocycles. The zero-order chi connectivity index (χ0) is 14.9. The fourth-order valence-corrected chi connectivity index (χ4v) is 2.96. The minimum atomic E-state index is -0.254. The lowest BCUT2D eigenvalue weighted by molar-refractivity contribution is 0.627. The molecule has 20 heavy (non-hydrogen) atoms. The van der Waals surface area contributed by atoms with Crippen molar-refractivity contribution in [3.63, 3.8) is 0 Å². The van der Waals surface area contributed by atoms with E-state index in [0.717, 1.165) is 21.4 Å². The number of pyridine rings is 1. The van der Waals surface area contributed by atoms with E-state index in [1.165, 1.54) is 11.6 Å². The van der Waals surface area contributed by atoms with Crippen LogP contribution in [0.25, 0.3) is 0 Å². The minimum absolute atomic E-state index is 0.00750. The van der Waals surface area contributed by atoms with Crippen molar-refractivity contribution in [2.24, 2.45) is 0 Å². The number of nitrogens with one attached hydrogen (secondary N) is 1. The van der Waals surface area contributed by atoms with Crippen molar-refractivity contribution in [1.82, 2.24) is 4.98 Å². The van der Waals surface area contributed by atoms with Gasteiger partial charge in [-0.3, -0.25) is 4.98 Å². The highest BCUT2D eigenvalue weighted by Crippen LogP contribution is 2.27. The van der Waals surface area contributed by atoms with E-state index in [-0.39, 0.29) is 11.9 Å². The summed E-state index contributed by atoms with van der Waals surface area (Å²) in [5.74, 6) is -0.254. The van der Waals surface area contributed by atoms with E-state index in [9.17, 15) is 4.39 Å². The molecule has 1 atom stereocenters. The molecule has 0 bridgehead atoms. The molecule has 2 rings (SSSR count). The van der Waals surface area contributed by atoms with E-state index in [0.29, 0.717) is 5.69 Å². The van der Waals surface area contributed by atoms with Crippen LogP contribution in [-0.4, -0.2) is 4.98 Å². The molecular formula is C16H18BrFN2. The highest BCUT2D eigenvalue weighted by molar-refractivity contribution is 9.10. The molecule has 0 spiro atoms. The van der Waals surface area contributed by atoms with Gasteiger partial charge in [0.15, 0.2) is 0 Å². The number of rotatable bonds is 3. The van der Waals surface area contributed by atoms with E-state index < -0.39 is 0 Å². The van der Waals surface area contributed by atoms with Crippen LogP contribution in [0, 0.1) is 26.6 Å². The molecule has 0 amide bonds. The van der Waals surface area contributed by atoms with Crippen molar-refractivity contribution < 1.29 is 4.39 Å². The fraction of sp³-hybridized carbons (Fsp3) is 0.312. The first-order valence-corrected chi connectivity index (χ1v) is 7.34. The second-order valence-corrected chi connectivity index (χ2v) is 5.99. The Hall–Kier alpha value is -1.42. The third kappa shape index (κ3) is 3.18. The maximum absolute atomic E-state index is 13.8. The van der Waals surface area contributed by atoms with Crippen LogP contribution in [0.5, 0.6) is 0 Å². The maximum atomic E-state index is 13.8. The monoisotopic (exact) mass is 336 g/mol. The average Bonchev–Trinajstić information content (AvgIpc) is 2.32. The Labute approximate surface area is 127 Å². The summed E-state index contributed by atoms with van der Waals surface area (Å²) in [6, 6.07) is 6.93. The van der Waals surface area contributed by atoms with Crippen molar-refractivity contribution in [3.05, 3.63) is 57.1 Å². The number of anilines is 1. The van der Waals surface area contributed by atoms with Crippen LogP contribution in [0.4, 0.5) is 10.1 Å². The Morgan fingerprint density at radius 3 is 2.55 bits per heavy atom. The largest absolute Gasteiger partial charge is 0.376 e. The van der Waals surface area contributed by atoms with Crippen molar-refractivity contribution in [1.29, 1.82) is 0 Å². The van der Waals surface area contributed by atoms with Gasteiger partial charge in [0.05, 0.1) is 11.7 Å². The van der Waals surface area contributed by atoms with Gasteiger partial charge in [-0.05, 0) is 63.1 Å². The van der Waals surface area contributed by atoms with Crippen LogP contribution >= 0.6 is 15.9 Å². The second kappa shape index (κ2) is 5.92. The fourth-order valence-electron chi connectivity index (χ4n) is 2.60. The molecule has 1 heterocycles. The Bertz CT molecular complexity index is 617. The zero-order valence-corrected chi connectivity index (χ0v) is 13.7. The molecule has 2 nitrogen and oxygen atoms in total. The highest BCUT2D eigenvalue weighted by atomic mass is 79.9. The molecule has 1 aromatic heterocycles. The van der Waals surface area contributed by atoms with E-state index in [1.807, 2.05) is 20.8 Å². The van der Waals surface area contributed by atoms with Crippen molar-refractivity contribution in [2.75, 3.05) is 5.32 Å². The summed E-state index contributed by atoms with van der Waals surface area (Å²) in [4.78, 5) is 4.49. The Balaban J connectivity index is 2.33. The summed E-state index contributed by atoms with van der Waals surface area (Å²) in [5.41, 5.74) is 4.77. The molecule has 0 saturated heterocycles. The van der Waals surface area contributed by atoms with E-state index in [2.05, 4.69) is 39.2 Å². The van der Waals surface area contributed by atoms with Crippen LogP contribution in [0.2, 0.25) is 0 Å². The predicted molar refractivity (Wildman–Crippen MR) is 84.6 cm³/mol. The third-order valence-electron chi connectivity index (χ3n) is 3.32. The first kappa shape index (κ1) is 15.0. The Morgan fingerprint density at radius 2 is 1.90 bits per heavy atom. The quantitative estimate of drug-likeness (QED) is 0.845. The van der Waals surface area contributed by atoms with Crippen LogP contribution in [0.1, 0.15) is 35.5 Å². The van der Waals surface area contributed by atoms with Crippen LogP contribution in [-0.2, 0) is 0 Å². The molecule has 0 radical (unpaired) electrons. The maximum Gasteiger partial charge on any atom is 0.146 e. The molecule has 1 aromatic carbocycles. The van der Waals surface area contributed by atoms with Gasteiger partial charge in [-0.25, -0.2) is 4.39 Å². The minimum Gasteiger partial charge on any atom is -0.376 e. The lowest BCUT2D eigenvalue weighted by atomic mass is 10.00. The smallest absolute Gasteiger partial charge is 0.146 e. The SMILES string of the molecule is Cc1cc(C)c(C(C)Nc2cc(Br)ccc2F)c(C)n1. The van der Waals surface area contributed by atoms with Gasteiger partial charge in [0.25, 0.3) is 0 Å². The molecule has 106 valence electrons. The molecular weight excluding hydrogens is 319 g/mol. The van der Waals surface area contributed by atoms with Gasteiger partial charge in [-0.1, -0.05) is 15.9 Å². The van der Waals surface area contributed by atoms with Crippen LogP contribution in [0.3, 0.4) is 0 Å². The number of hydrogen-bond acceptors (Lipinski definition) is 2. The van der Waals surface area contributed by atoms with Gasteiger partial charge in [0.2, 0.25) is 0 Å². The summed E-state index contributed by atoms with van der Waals surface area (Å²) < 4.78 is 14.7. The highest BCUT2D eigenvalue weighted by Gasteiger charge is 2.14. The van der Waals surface area contributed by atoms with Crippen molar-refractivity contribution in [2.45, 2.75) is 33.7 Å². The number of halogens is 2. The first-order chi connectivity index (χ1) is 9.38. The molecule has 4 heteroatoms. The number of benzene rings is 1. The molecule has 0 fully saturated rings. The standard InChI is InChI=1S/C16H18BrFN2/c1-9-7-10(2)19-11(3)16(9)12(4)20-15-8-13(17)5-6-14(15)18/h5-8,12,20H,1-4H3.